The third-order valence-electron chi connectivity index (χ3n) is 1.11. The predicted octanol–water partition coefficient (Wildman–Crippen LogP) is 0.902. The lowest BCUT2D eigenvalue weighted by Gasteiger charge is -2.16. The van der Waals surface area contributed by atoms with Crippen molar-refractivity contribution in [3.8, 4) is 0 Å². The zero-order chi connectivity index (χ0) is 7.33. The molecule has 0 radical (unpaired) electrons. The average Bonchev–Trinajstić information content (AvgIpc) is 1.64. The summed E-state index contributed by atoms with van der Waals surface area (Å²) in [6.07, 6.45) is 2.96. The normalized spacial score (nSPS) is 16.2. The molecule has 1 N–H and O–H groups in total. The van der Waals surface area contributed by atoms with Crippen LogP contribution in [0.2, 0.25) is 0 Å². The van der Waals surface area contributed by atoms with Crippen LogP contribution >= 0.6 is 0 Å². The minimum absolute atomic E-state index is 0.180. The highest BCUT2D eigenvalue weighted by Crippen LogP contribution is 2.11. The fraction of sp³-hybridized carbons (Fsp3) is 0.571. The topological polar surface area (TPSA) is 37.3 Å². The highest BCUT2D eigenvalue weighted by molar-refractivity contribution is 5.51. The third kappa shape index (κ3) is 3.91. The van der Waals surface area contributed by atoms with E-state index in [0.717, 1.165) is 0 Å². The van der Waals surface area contributed by atoms with Gasteiger partial charge in [0.1, 0.15) is 6.29 Å². The van der Waals surface area contributed by atoms with Crippen LogP contribution in [0.5, 0.6) is 0 Å². The van der Waals surface area contributed by atoms with E-state index in [2.05, 4.69) is 6.58 Å². The van der Waals surface area contributed by atoms with Gasteiger partial charge in [-0.3, -0.25) is 0 Å². The van der Waals surface area contributed by atoms with Gasteiger partial charge in [0, 0.05) is 6.42 Å². The molecule has 0 aliphatic carbocycles. The molecule has 1 unspecified atom stereocenters. The number of aliphatic hydroxyl groups is 1. The Bertz CT molecular complexity index is 93.5. The molecular formula is C7H12O2. The van der Waals surface area contributed by atoms with Gasteiger partial charge in [0.15, 0.2) is 0 Å². The van der Waals surface area contributed by atoms with Crippen molar-refractivity contribution in [2.75, 3.05) is 0 Å². The van der Waals surface area contributed by atoms with Gasteiger partial charge >= 0.3 is 0 Å². The molecule has 0 aromatic carbocycles. The van der Waals surface area contributed by atoms with Crippen molar-refractivity contribution in [3.63, 3.8) is 0 Å². The molecule has 0 aliphatic heterocycles. The SMILES string of the molecule is C=CCC(C)(O)CC=O. The molecule has 0 fully saturated rings. The van der Waals surface area contributed by atoms with Gasteiger partial charge in [0.25, 0.3) is 0 Å². The van der Waals surface area contributed by atoms with Crippen molar-refractivity contribution < 1.29 is 9.90 Å². The van der Waals surface area contributed by atoms with Crippen LogP contribution in [-0.4, -0.2) is 17.0 Å². The van der Waals surface area contributed by atoms with Crippen molar-refractivity contribution in [3.05, 3.63) is 12.7 Å². The molecule has 0 amide bonds. The van der Waals surface area contributed by atoms with E-state index < -0.39 is 5.60 Å². The Labute approximate surface area is 55.2 Å². The van der Waals surface area contributed by atoms with Crippen LogP contribution in [0.25, 0.3) is 0 Å². The molecule has 9 heavy (non-hydrogen) atoms. The molecule has 0 rings (SSSR count). The number of aldehydes is 1. The van der Waals surface area contributed by atoms with Gasteiger partial charge in [-0.2, -0.15) is 0 Å². The number of carbonyl (C=O) groups excluding carboxylic acids is 1. The summed E-state index contributed by atoms with van der Waals surface area (Å²) in [5.41, 5.74) is -0.885. The molecule has 0 aromatic rings. The Morgan fingerprint density at radius 1 is 1.67 bits per heavy atom. The van der Waals surface area contributed by atoms with E-state index >= 15 is 0 Å². The average molecular weight is 128 g/mol. The summed E-state index contributed by atoms with van der Waals surface area (Å²) in [4.78, 5) is 9.90. The van der Waals surface area contributed by atoms with E-state index in [1.54, 1.807) is 13.0 Å². The van der Waals surface area contributed by atoms with Gasteiger partial charge in [-0.05, 0) is 13.3 Å². The summed E-state index contributed by atoms with van der Waals surface area (Å²) >= 11 is 0. The van der Waals surface area contributed by atoms with E-state index in [0.29, 0.717) is 12.7 Å². The summed E-state index contributed by atoms with van der Waals surface area (Å²) in [6.45, 7) is 5.07. The molecule has 0 bridgehead atoms. The third-order valence-corrected chi connectivity index (χ3v) is 1.11. The lowest BCUT2D eigenvalue weighted by Crippen LogP contribution is -2.23. The molecular weight excluding hydrogens is 116 g/mol. The Balaban J connectivity index is 3.68. The van der Waals surface area contributed by atoms with Gasteiger partial charge in [-0.25, -0.2) is 0 Å². The highest BCUT2D eigenvalue weighted by atomic mass is 16.3. The summed E-state index contributed by atoms with van der Waals surface area (Å²) in [5, 5.41) is 9.21. The van der Waals surface area contributed by atoms with Crippen LogP contribution in [0.1, 0.15) is 19.8 Å². The van der Waals surface area contributed by atoms with Gasteiger partial charge in [0.2, 0.25) is 0 Å². The van der Waals surface area contributed by atoms with Crippen LogP contribution in [-0.2, 0) is 4.79 Å². The summed E-state index contributed by atoms with van der Waals surface area (Å²) < 4.78 is 0. The molecule has 52 valence electrons. The van der Waals surface area contributed by atoms with Gasteiger partial charge in [-0.15, -0.1) is 6.58 Å². The van der Waals surface area contributed by atoms with E-state index in [9.17, 15) is 9.90 Å². The van der Waals surface area contributed by atoms with Crippen molar-refractivity contribution >= 4 is 6.29 Å². The van der Waals surface area contributed by atoms with Crippen LogP contribution in [0, 0.1) is 0 Å². The molecule has 0 saturated carbocycles. The number of hydrogen-bond donors (Lipinski definition) is 1. The van der Waals surface area contributed by atoms with E-state index in [4.69, 9.17) is 0 Å². The maximum absolute atomic E-state index is 9.90. The Morgan fingerprint density at radius 3 is 2.56 bits per heavy atom. The summed E-state index contributed by atoms with van der Waals surface area (Å²) in [7, 11) is 0. The standard InChI is InChI=1S/C7H12O2/c1-3-4-7(2,9)5-6-8/h3,6,9H,1,4-5H2,2H3. The van der Waals surface area contributed by atoms with Crippen molar-refractivity contribution in [1.82, 2.24) is 0 Å². The van der Waals surface area contributed by atoms with Crippen molar-refractivity contribution in [2.24, 2.45) is 0 Å². The number of rotatable bonds is 4. The van der Waals surface area contributed by atoms with Crippen molar-refractivity contribution in [2.45, 2.75) is 25.4 Å². The molecule has 0 heterocycles. The minimum Gasteiger partial charge on any atom is -0.389 e. The maximum atomic E-state index is 9.90. The Morgan fingerprint density at radius 2 is 2.22 bits per heavy atom. The first-order chi connectivity index (χ1) is 4.12. The van der Waals surface area contributed by atoms with Gasteiger partial charge in [0.05, 0.1) is 5.60 Å². The highest BCUT2D eigenvalue weighted by Gasteiger charge is 2.16. The zero-order valence-corrected chi connectivity index (χ0v) is 5.63. The Hall–Kier alpha value is -0.630. The monoisotopic (exact) mass is 128 g/mol. The lowest BCUT2D eigenvalue weighted by molar-refractivity contribution is -0.111. The summed E-state index contributed by atoms with van der Waals surface area (Å²) in [6, 6.07) is 0. The second-order valence-corrected chi connectivity index (χ2v) is 2.36. The molecule has 2 nitrogen and oxygen atoms in total. The second-order valence-electron chi connectivity index (χ2n) is 2.36. The fourth-order valence-electron chi connectivity index (χ4n) is 0.574. The fourth-order valence-corrected chi connectivity index (χ4v) is 0.574. The van der Waals surface area contributed by atoms with Gasteiger partial charge < -0.3 is 9.90 Å². The first kappa shape index (κ1) is 8.37. The smallest absolute Gasteiger partial charge is 0.122 e. The number of carbonyl (C=O) groups is 1. The zero-order valence-electron chi connectivity index (χ0n) is 5.63. The maximum Gasteiger partial charge on any atom is 0.122 e. The first-order valence-corrected chi connectivity index (χ1v) is 2.89. The number of hydrogen-bond acceptors (Lipinski definition) is 2. The molecule has 2 heteroatoms. The van der Waals surface area contributed by atoms with Crippen LogP contribution in [0.3, 0.4) is 0 Å². The van der Waals surface area contributed by atoms with Crippen molar-refractivity contribution in [1.29, 1.82) is 0 Å². The lowest BCUT2D eigenvalue weighted by atomic mass is 9.99. The van der Waals surface area contributed by atoms with Crippen LogP contribution in [0.4, 0.5) is 0 Å². The largest absolute Gasteiger partial charge is 0.389 e. The molecule has 0 saturated heterocycles. The van der Waals surface area contributed by atoms with Crippen LogP contribution in [0.15, 0.2) is 12.7 Å². The molecule has 0 aliphatic rings. The first-order valence-electron chi connectivity index (χ1n) is 2.89. The summed E-state index contributed by atoms with van der Waals surface area (Å²) in [5.74, 6) is 0. The minimum atomic E-state index is -0.885. The molecule has 1 atom stereocenters. The van der Waals surface area contributed by atoms with E-state index in [-0.39, 0.29) is 6.42 Å². The second kappa shape index (κ2) is 3.41. The van der Waals surface area contributed by atoms with E-state index in [1.165, 1.54) is 0 Å². The quantitative estimate of drug-likeness (QED) is 0.451. The predicted molar refractivity (Wildman–Crippen MR) is 36.1 cm³/mol. The van der Waals surface area contributed by atoms with Crippen LogP contribution < -0.4 is 0 Å². The van der Waals surface area contributed by atoms with Gasteiger partial charge in [-0.1, -0.05) is 6.08 Å². The molecule has 0 aromatic heterocycles. The van der Waals surface area contributed by atoms with E-state index in [1.807, 2.05) is 0 Å². The molecule has 0 spiro atoms. The Kier molecular flexibility index (Phi) is 3.17.